The van der Waals surface area contributed by atoms with Gasteiger partial charge in [-0.2, -0.15) is 15.0 Å². The van der Waals surface area contributed by atoms with Gasteiger partial charge in [0.15, 0.2) is 5.82 Å². The molecule has 0 radical (unpaired) electrons. The van der Waals surface area contributed by atoms with Crippen molar-refractivity contribution < 1.29 is 9.47 Å². The summed E-state index contributed by atoms with van der Waals surface area (Å²) < 4.78 is 10.6. The lowest BCUT2D eigenvalue weighted by molar-refractivity contribution is -0.0935. The van der Waals surface area contributed by atoms with Crippen LogP contribution in [0.1, 0.15) is 11.9 Å². The molecule has 1 atom stereocenters. The summed E-state index contributed by atoms with van der Waals surface area (Å²) in [7, 11) is 0. The molecule has 76 valence electrons. The van der Waals surface area contributed by atoms with E-state index in [0.29, 0.717) is 25.6 Å². The second-order valence-electron chi connectivity index (χ2n) is 2.76. The molecule has 2 heterocycles. The van der Waals surface area contributed by atoms with Gasteiger partial charge in [-0.3, -0.25) is 0 Å². The molecule has 0 aromatic carbocycles. The first-order chi connectivity index (χ1) is 6.75. The Morgan fingerprint density at radius 3 is 2.79 bits per heavy atom. The van der Waals surface area contributed by atoms with Gasteiger partial charge in [-0.15, -0.1) is 0 Å². The lowest BCUT2D eigenvalue weighted by Gasteiger charge is -2.21. The van der Waals surface area contributed by atoms with E-state index in [1.807, 2.05) is 0 Å². The van der Waals surface area contributed by atoms with Crippen LogP contribution in [0, 0.1) is 0 Å². The first kappa shape index (κ1) is 9.57. The monoisotopic (exact) mass is 216 g/mol. The van der Waals surface area contributed by atoms with Gasteiger partial charge in [0.25, 0.3) is 0 Å². The molecule has 1 aromatic heterocycles. The molecule has 0 bridgehead atoms. The summed E-state index contributed by atoms with van der Waals surface area (Å²) in [4.78, 5) is 11.5. The zero-order valence-corrected chi connectivity index (χ0v) is 8.07. The minimum Gasteiger partial charge on any atom is -0.376 e. The third-order valence-corrected chi connectivity index (χ3v) is 1.92. The van der Waals surface area contributed by atoms with Gasteiger partial charge < -0.3 is 15.2 Å². The van der Waals surface area contributed by atoms with Crippen molar-refractivity contribution >= 4 is 17.5 Å². The number of nitrogens with zero attached hydrogens (tertiary/aromatic N) is 3. The van der Waals surface area contributed by atoms with E-state index in [1.54, 1.807) is 0 Å². The Bertz CT molecular complexity index is 309. The summed E-state index contributed by atoms with van der Waals surface area (Å²) in [5, 5.41) is 0.0710. The molecule has 0 spiro atoms. The highest BCUT2D eigenvalue weighted by atomic mass is 35.5. The normalized spacial score (nSPS) is 22.2. The van der Waals surface area contributed by atoms with Crippen LogP contribution < -0.4 is 5.73 Å². The minimum atomic E-state index is -0.299. The molecular formula is C7H9ClN4O2. The number of ether oxygens (including phenoxy) is 2. The number of anilines is 1. The molecule has 1 aromatic rings. The molecule has 1 fully saturated rings. The predicted molar refractivity (Wildman–Crippen MR) is 48.8 cm³/mol. The van der Waals surface area contributed by atoms with Crippen LogP contribution in [-0.2, 0) is 9.47 Å². The number of halogens is 1. The van der Waals surface area contributed by atoms with Crippen molar-refractivity contribution in [2.45, 2.75) is 6.10 Å². The zero-order valence-electron chi connectivity index (χ0n) is 7.31. The molecule has 2 N–H and O–H groups in total. The summed E-state index contributed by atoms with van der Waals surface area (Å²) in [6.07, 6.45) is -0.299. The molecule has 1 aliphatic heterocycles. The van der Waals surface area contributed by atoms with Crippen LogP contribution in [0.25, 0.3) is 0 Å². The number of hydrogen-bond acceptors (Lipinski definition) is 6. The topological polar surface area (TPSA) is 83.2 Å². The fraction of sp³-hybridized carbons (Fsp3) is 0.571. The van der Waals surface area contributed by atoms with E-state index in [4.69, 9.17) is 26.8 Å². The van der Waals surface area contributed by atoms with Crippen molar-refractivity contribution in [1.29, 1.82) is 0 Å². The molecule has 7 heteroatoms. The first-order valence-corrected chi connectivity index (χ1v) is 4.50. The van der Waals surface area contributed by atoms with Gasteiger partial charge in [-0.05, 0) is 11.6 Å². The highest BCUT2D eigenvalue weighted by molar-refractivity contribution is 6.28. The van der Waals surface area contributed by atoms with Crippen LogP contribution in [0.4, 0.5) is 5.95 Å². The number of aromatic nitrogens is 3. The SMILES string of the molecule is Nc1nc(Cl)nc(C2COCCO2)n1. The van der Waals surface area contributed by atoms with E-state index < -0.39 is 0 Å². The zero-order chi connectivity index (χ0) is 9.97. The summed E-state index contributed by atoms with van der Waals surface area (Å²) in [6, 6.07) is 0. The average molecular weight is 217 g/mol. The van der Waals surface area contributed by atoms with E-state index in [0.717, 1.165) is 0 Å². The number of nitrogen functional groups attached to an aromatic ring is 1. The lowest BCUT2D eigenvalue weighted by Crippen LogP contribution is -2.24. The fourth-order valence-electron chi connectivity index (χ4n) is 1.16. The molecule has 2 rings (SSSR count). The van der Waals surface area contributed by atoms with Crippen molar-refractivity contribution in [3.05, 3.63) is 11.1 Å². The van der Waals surface area contributed by atoms with E-state index in [2.05, 4.69) is 15.0 Å². The van der Waals surface area contributed by atoms with Crippen LogP contribution in [0.2, 0.25) is 5.28 Å². The van der Waals surface area contributed by atoms with Crippen LogP contribution in [0.5, 0.6) is 0 Å². The largest absolute Gasteiger partial charge is 0.376 e. The molecule has 1 aliphatic rings. The maximum Gasteiger partial charge on any atom is 0.227 e. The van der Waals surface area contributed by atoms with Crippen molar-refractivity contribution in [1.82, 2.24) is 15.0 Å². The third-order valence-electron chi connectivity index (χ3n) is 1.75. The smallest absolute Gasteiger partial charge is 0.227 e. The molecule has 1 saturated heterocycles. The molecule has 14 heavy (non-hydrogen) atoms. The van der Waals surface area contributed by atoms with Crippen LogP contribution in [0.3, 0.4) is 0 Å². The lowest BCUT2D eigenvalue weighted by atomic mass is 10.3. The third kappa shape index (κ3) is 2.09. The molecular weight excluding hydrogens is 208 g/mol. The Morgan fingerprint density at radius 2 is 2.14 bits per heavy atom. The minimum absolute atomic E-state index is 0.0710. The molecule has 6 nitrogen and oxygen atoms in total. The summed E-state index contributed by atoms with van der Waals surface area (Å²) in [5.74, 6) is 0.511. The Kier molecular flexibility index (Phi) is 2.76. The number of rotatable bonds is 1. The van der Waals surface area contributed by atoms with Crippen molar-refractivity contribution in [2.75, 3.05) is 25.6 Å². The molecule has 0 amide bonds. The van der Waals surface area contributed by atoms with Gasteiger partial charge in [0.2, 0.25) is 11.2 Å². The van der Waals surface area contributed by atoms with E-state index in [-0.39, 0.29) is 17.3 Å². The molecule has 1 unspecified atom stereocenters. The van der Waals surface area contributed by atoms with Crippen molar-refractivity contribution in [3.63, 3.8) is 0 Å². The highest BCUT2D eigenvalue weighted by Crippen LogP contribution is 2.18. The Morgan fingerprint density at radius 1 is 1.29 bits per heavy atom. The summed E-state index contributed by atoms with van der Waals surface area (Å²) in [6.45, 7) is 1.53. The Hall–Kier alpha value is -0.980. The van der Waals surface area contributed by atoms with Gasteiger partial charge in [0, 0.05) is 0 Å². The molecule has 0 aliphatic carbocycles. The van der Waals surface area contributed by atoms with Crippen molar-refractivity contribution in [2.24, 2.45) is 0 Å². The van der Waals surface area contributed by atoms with E-state index in [1.165, 1.54) is 0 Å². The standard InChI is InChI=1S/C7H9ClN4O2/c8-6-10-5(11-7(9)12-6)4-3-13-1-2-14-4/h4H,1-3H2,(H2,9,10,11,12). The molecule has 0 saturated carbocycles. The second kappa shape index (κ2) is 4.04. The maximum atomic E-state index is 5.63. The quantitative estimate of drug-likeness (QED) is 0.722. The predicted octanol–water partition coefficient (Wildman–Crippen LogP) is 0.195. The summed E-state index contributed by atoms with van der Waals surface area (Å²) in [5.41, 5.74) is 5.42. The number of hydrogen-bond donors (Lipinski definition) is 1. The van der Waals surface area contributed by atoms with Crippen LogP contribution >= 0.6 is 11.6 Å². The van der Waals surface area contributed by atoms with Crippen molar-refractivity contribution in [3.8, 4) is 0 Å². The fourth-order valence-corrected chi connectivity index (χ4v) is 1.34. The number of nitrogens with two attached hydrogens (primary N) is 1. The van der Waals surface area contributed by atoms with Gasteiger partial charge in [-0.25, -0.2) is 0 Å². The van der Waals surface area contributed by atoms with Gasteiger partial charge in [0.1, 0.15) is 6.10 Å². The highest BCUT2D eigenvalue weighted by Gasteiger charge is 2.20. The average Bonchev–Trinajstić information content (AvgIpc) is 2.18. The van der Waals surface area contributed by atoms with Gasteiger partial charge >= 0.3 is 0 Å². The Labute approximate surface area is 85.4 Å². The van der Waals surface area contributed by atoms with Gasteiger partial charge in [0.05, 0.1) is 19.8 Å². The van der Waals surface area contributed by atoms with Gasteiger partial charge in [-0.1, -0.05) is 0 Å². The van der Waals surface area contributed by atoms with Crippen LogP contribution in [0.15, 0.2) is 0 Å². The van der Waals surface area contributed by atoms with E-state index in [9.17, 15) is 0 Å². The van der Waals surface area contributed by atoms with E-state index >= 15 is 0 Å². The Balaban J connectivity index is 2.21. The second-order valence-corrected chi connectivity index (χ2v) is 3.09. The van der Waals surface area contributed by atoms with Crippen LogP contribution in [-0.4, -0.2) is 34.8 Å². The summed E-state index contributed by atoms with van der Waals surface area (Å²) >= 11 is 5.63. The maximum absolute atomic E-state index is 5.63. The first-order valence-electron chi connectivity index (χ1n) is 4.12.